The summed E-state index contributed by atoms with van der Waals surface area (Å²) in [5, 5.41) is 2.86. The number of halogens is 2. The summed E-state index contributed by atoms with van der Waals surface area (Å²) >= 11 is 0. The van der Waals surface area contributed by atoms with Crippen LogP contribution in [0.1, 0.15) is 38.3 Å². The molecule has 0 atom stereocenters. The van der Waals surface area contributed by atoms with Crippen LogP contribution in [-0.2, 0) is 13.0 Å². The first-order chi connectivity index (χ1) is 17.1. The quantitative estimate of drug-likeness (QED) is 0.365. The minimum Gasteiger partial charge on any atom is -0.494 e. The molecule has 3 aromatic rings. The lowest BCUT2D eigenvalue weighted by molar-refractivity contribution is 0.0774. The number of likely N-dealkylation sites (N-methyl/N-ethyl adjacent to an activating group) is 1. The molecule has 0 unspecified atom stereocenters. The number of pyridine rings is 1. The maximum atomic E-state index is 12.7. The third-order valence-corrected chi connectivity index (χ3v) is 6.16. The van der Waals surface area contributed by atoms with Crippen LogP contribution < -0.4 is 10.1 Å². The summed E-state index contributed by atoms with van der Waals surface area (Å²) < 4.78 is 6.00. The molecule has 198 valence electrons. The molecule has 0 bridgehead atoms. The number of benzene rings is 2. The molecule has 0 aliphatic carbocycles. The van der Waals surface area contributed by atoms with Crippen molar-refractivity contribution in [2.24, 2.45) is 0 Å². The Morgan fingerprint density at radius 1 is 1.00 bits per heavy atom. The first-order valence-corrected chi connectivity index (χ1v) is 12.1. The number of hydrogen-bond donors (Lipinski definition) is 1. The predicted molar refractivity (Wildman–Crippen MR) is 150 cm³/mol. The third-order valence-electron chi connectivity index (χ3n) is 6.16. The average molecular weight is 546 g/mol. The molecule has 1 N–H and O–H groups in total. The van der Waals surface area contributed by atoms with Gasteiger partial charge in [0.1, 0.15) is 5.75 Å². The van der Waals surface area contributed by atoms with Crippen LogP contribution in [0.5, 0.6) is 5.75 Å². The lowest BCUT2D eigenvalue weighted by Crippen LogP contribution is -2.37. The molecule has 0 saturated carbocycles. The van der Waals surface area contributed by atoms with Crippen molar-refractivity contribution < 1.29 is 14.3 Å². The van der Waals surface area contributed by atoms with Gasteiger partial charge >= 0.3 is 0 Å². The number of nitrogens with one attached hydrogen (secondary N) is 1. The van der Waals surface area contributed by atoms with Crippen molar-refractivity contribution in [1.29, 1.82) is 0 Å². The molecule has 2 amide bonds. The molecular weight excluding hydrogens is 511 g/mol. The Morgan fingerprint density at radius 2 is 1.76 bits per heavy atom. The van der Waals surface area contributed by atoms with Crippen LogP contribution in [0.25, 0.3) is 0 Å². The highest BCUT2D eigenvalue weighted by atomic mass is 35.5. The number of ether oxygens (including phenoxy) is 1. The SMILES string of the molecule is CN(CCN(CCCOc1ccc2c(c1)CCNC2=O)Cc1ccncc1)C(=O)c1ccccc1.Cl.Cl. The normalized spacial score (nSPS) is 12.0. The van der Waals surface area contributed by atoms with Crippen LogP contribution in [0.15, 0.2) is 73.1 Å². The van der Waals surface area contributed by atoms with Gasteiger partial charge in [0, 0.05) is 63.3 Å². The van der Waals surface area contributed by atoms with Gasteiger partial charge in [0.2, 0.25) is 0 Å². The van der Waals surface area contributed by atoms with E-state index < -0.39 is 0 Å². The van der Waals surface area contributed by atoms with E-state index in [0.717, 1.165) is 49.4 Å². The number of carbonyl (C=O) groups excluding carboxylic acids is 2. The standard InChI is InChI=1S/C28H32N4O3.2ClH/c1-31(28(34)23-6-3-2-4-7-23)17-18-32(21-22-10-13-29-14-11-22)16-5-19-35-25-8-9-26-24(20-25)12-15-30-27(26)33;;/h2-4,6-11,13-14,20H,5,12,15-19,21H2,1H3,(H,30,33);2*1H. The molecule has 1 aliphatic rings. The van der Waals surface area contributed by atoms with E-state index in [4.69, 9.17) is 4.74 Å². The van der Waals surface area contributed by atoms with E-state index in [1.165, 1.54) is 5.56 Å². The Balaban J connectivity index is 0.00000241. The van der Waals surface area contributed by atoms with Crippen LogP contribution in [0.3, 0.4) is 0 Å². The molecule has 9 heteroatoms. The van der Waals surface area contributed by atoms with Crippen LogP contribution in [0.2, 0.25) is 0 Å². The Bertz CT molecular complexity index is 1130. The van der Waals surface area contributed by atoms with Crippen LogP contribution >= 0.6 is 24.8 Å². The molecule has 0 spiro atoms. The molecular formula is C28H34Cl2N4O3. The lowest BCUT2D eigenvalue weighted by Gasteiger charge is -2.26. The fourth-order valence-corrected chi connectivity index (χ4v) is 4.18. The van der Waals surface area contributed by atoms with Crippen molar-refractivity contribution in [3.05, 3.63) is 95.3 Å². The minimum absolute atomic E-state index is 0. The van der Waals surface area contributed by atoms with Gasteiger partial charge in [-0.3, -0.25) is 19.5 Å². The van der Waals surface area contributed by atoms with Gasteiger partial charge in [-0.25, -0.2) is 0 Å². The van der Waals surface area contributed by atoms with Crippen LogP contribution in [0, 0.1) is 0 Å². The summed E-state index contributed by atoms with van der Waals surface area (Å²) in [7, 11) is 1.85. The van der Waals surface area contributed by atoms with Gasteiger partial charge in [0.15, 0.2) is 0 Å². The van der Waals surface area contributed by atoms with Gasteiger partial charge in [0.25, 0.3) is 11.8 Å². The maximum Gasteiger partial charge on any atom is 0.253 e. The molecule has 7 nitrogen and oxygen atoms in total. The second kappa shape index (κ2) is 15.2. The van der Waals surface area contributed by atoms with Gasteiger partial charge < -0.3 is 15.0 Å². The Kier molecular flexibility index (Phi) is 12.4. The predicted octanol–water partition coefficient (Wildman–Crippen LogP) is 4.25. The molecule has 1 aromatic heterocycles. The molecule has 4 rings (SSSR count). The molecule has 37 heavy (non-hydrogen) atoms. The summed E-state index contributed by atoms with van der Waals surface area (Å²) in [6, 6.07) is 19.1. The van der Waals surface area contributed by atoms with Crippen molar-refractivity contribution in [3.63, 3.8) is 0 Å². The minimum atomic E-state index is -0.0136. The van der Waals surface area contributed by atoms with E-state index >= 15 is 0 Å². The number of amides is 2. The molecule has 2 heterocycles. The van der Waals surface area contributed by atoms with E-state index in [9.17, 15) is 9.59 Å². The zero-order valence-electron chi connectivity index (χ0n) is 21.0. The molecule has 0 saturated heterocycles. The Labute approximate surface area is 231 Å². The van der Waals surface area contributed by atoms with E-state index in [2.05, 4.69) is 15.2 Å². The van der Waals surface area contributed by atoms with Gasteiger partial charge in [-0.15, -0.1) is 24.8 Å². The smallest absolute Gasteiger partial charge is 0.253 e. The van der Waals surface area contributed by atoms with Gasteiger partial charge in [-0.1, -0.05) is 18.2 Å². The first-order valence-electron chi connectivity index (χ1n) is 12.1. The fourth-order valence-electron chi connectivity index (χ4n) is 4.18. The lowest BCUT2D eigenvalue weighted by atomic mass is 10.0. The Morgan fingerprint density at radius 3 is 2.51 bits per heavy atom. The summed E-state index contributed by atoms with van der Waals surface area (Å²) in [5.74, 6) is 0.812. The maximum absolute atomic E-state index is 12.7. The highest BCUT2D eigenvalue weighted by Gasteiger charge is 2.17. The van der Waals surface area contributed by atoms with Gasteiger partial charge in [-0.05, 0) is 66.4 Å². The number of carbonyl (C=O) groups is 2. The van der Waals surface area contributed by atoms with E-state index in [-0.39, 0.29) is 36.6 Å². The highest BCUT2D eigenvalue weighted by molar-refractivity contribution is 5.96. The van der Waals surface area contributed by atoms with E-state index in [1.54, 1.807) is 17.3 Å². The van der Waals surface area contributed by atoms with Gasteiger partial charge in [0.05, 0.1) is 6.61 Å². The van der Waals surface area contributed by atoms with Crippen molar-refractivity contribution in [2.75, 3.05) is 39.8 Å². The monoisotopic (exact) mass is 544 g/mol. The van der Waals surface area contributed by atoms with E-state index in [1.807, 2.05) is 67.7 Å². The van der Waals surface area contributed by atoms with Crippen molar-refractivity contribution in [2.45, 2.75) is 19.4 Å². The topological polar surface area (TPSA) is 74.8 Å². The number of hydrogen-bond acceptors (Lipinski definition) is 5. The number of fused-ring (bicyclic) bond motifs is 1. The number of aromatic nitrogens is 1. The molecule has 1 aliphatic heterocycles. The summed E-state index contributed by atoms with van der Waals surface area (Å²) in [5.41, 5.74) is 3.66. The first kappa shape index (κ1) is 30.1. The second-order valence-electron chi connectivity index (χ2n) is 8.75. The summed E-state index contributed by atoms with van der Waals surface area (Å²) in [6.45, 7) is 4.25. The largest absolute Gasteiger partial charge is 0.494 e. The number of nitrogens with zero attached hydrogens (tertiary/aromatic N) is 3. The van der Waals surface area contributed by atoms with Crippen molar-refractivity contribution in [3.8, 4) is 5.75 Å². The number of rotatable bonds is 11. The second-order valence-corrected chi connectivity index (χ2v) is 8.75. The summed E-state index contributed by atoms with van der Waals surface area (Å²) in [4.78, 5) is 32.9. The van der Waals surface area contributed by atoms with Crippen molar-refractivity contribution >= 4 is 36.6 Å². The molecule has 0 radical (unpaired) electrons. The van der Waals surface area contributed by atoms with Crippen molar-refractivity contribution in [1.82, 2.24) is 20.1 Å². The fraction of sp³-hybridized carbons (Fsp3) is 0.321. The third kappa shape index (κ3) is 8.74. The average Bonchev–Trinajstić information content (AvgIpc) is 2.90. The summed E-state index contributed by atoms with van der Waals surface area (Å²) in [6.07, 6.45) is 5.28. The van der Waals surface area contributed by atoms with Crippen LogP contribution in [0.4, 0.5) is 0 Å². The van der Waals surface area contributed by atoms with Crippen LogP contribution in [-0.4, -0.2) is 66.4 Å². The zero-order chi connectivity index (χ0) is 24.5. The molecule has 2 aromatic carbocycles. The van der Waals surface area contributed by atoms with E-state index in [0.29, 0.717) is 25.3 Å². The highest BCUT2D eigenvalue weighted by Crippen LogP contribution is 2.21. The zero-order valence-corrected chi connectivity index (χ0v) is 22.6. The van der Waals surface area contributed by atoms with Gasteiger partial charge in [-0.2, -0.15) is 0 Å². The Hall–Kier alpha value is -3.13. The molecule has 0 fully saturated rings.